The van der Waals surface area contributed by atoms with Crippen molar-refractivity contribution in [2.24, 2.45) is 15.0 Å². The Morgan fingerprint density at radius 2 is 0.402 bits per heavy atom. The molecule has 0 aliphatic carbocycles. The second-order valence-corrected chi connectivity index (χ2v) is 27.9. The van der Waals surface area contributed by atoms with Gasteiger partial charge in [0.25, 0.3) is 0 Å². The Bertz CT molecular complexity index is 4770. The molecule has 11 rings (SSSR count). The zero-order valence-electron chi connectivity index (χ0n) is 47.1. The molecule has 29 heteroatoms. The lowest BCUT2D eigenvalue weighted by Gasteiger charge is -2.18. The Morgan fingerprint density at radius 1 is 0.239 bits per heavy atom. The second kappa shape index (κ2) is 24.6. The van der Waals surface area contributed by atoms with Gasteiger partial charge in [0, 0.05) is 63.7 Å². The highest BCUT2D eigenvalue weighted by Crippen LogP contribution is 2.31. The Hall–Kier alpha value is -11.8. The van der Waals surface area contributed by atoms with Crippen LogP contribution in [-0.4, -0.2) is 86.2 Å². The van der Waals surface area contributed by atoms with Crippen LogP contribution in [0.3, 0.4) is 0 Å². The van der Waals surface area contributed by atoms with Crippen LogP contribution in [0.4, 0.5) is 45.5 Å². The smallest absolute Gasteiger partial charge is 0.319 e. The van der Waals surface area contributed by atoms with Gasteiger partial charge in [-0.25, -0.2) is 33.7 Å². The molecule has 3 aliphatic rings. The van der Waals surface area contributed by atoms with Gasteiger partial charge in [-0.05, 0) is 194 Å². The first-order valence-electron chi connectivity index (χ1n) is 26.9. The third-order valence-electron chi connectivity index (χ3n) is 13.9. The highest BCUT2D eigenvalue weighted by atomic mass is 32.2. The molecule has 8 aromatic carbocycles. The van der Waals surface area contributed by atoms with Gasteiger partial charge in [-0.2, -0.15) is 15.0 Å². The van der Waals surface area contributed by atoms with Crippen molar-refractivity contribution in [1.29, 1.82) is 0 Å². The van der Waals surface area contributed by atoms with Crippen molar-refractivity contribution in [2.75, 3.05) is 43.4 Å². The number of carbonyl (C=O) groups excluding carboxylic acids is 6. The van der Waals surface area contributed by atoms with Gasteiger partial charge in [-0.1, -0.05) is 0 Å². The van der Waals surface area contributed by atoms with Crippen molar-refractivity contribution in [3.8, 4) is 0 Å². The van der Waals surface area contributed by atoms with Crippen LogP contribution in [0.5, 0.6) is 0 Å². The molecule has 0 radical (unpaired) electrons. The van der Waals surface area contributed by atoms with Crippen LogP contribution in [-0.2, 0) is 68.1 Å². The number of sulfone groups is 4. The molecular weight excluding hydrogens is 1260 g/mol. The maximum atomic E-state index is 13.9. The van der Waals surface area contributed by atoms with Gasteiger partial charge in [-0.3, -0.25) is 28.8 Å². The van der Waals surface area contributed by atoms with Gasteiger partial charge < -0.3 is 43.4 Å². The summed E-state index contributed by atoms with van der Waals surface area (Å²) in [5.74, 6) is -6.38. The van der Waals surface area contributed by atoms with Gasteiger partial charge in [0.05, 0.1) is 56.3 Å². The Balaban J connectivity index is 0.704. The lowest BCUT2D eigenvalue weighted by atomic mass is 10.2. The van der Waals surface area contributed by atoms with Crippen LogP contribution in [0.1, 0.15) is 0 Å². The molecule has 3 heterocycles. The van der Waals surface area contributed by atoms with E-state index in [-0.39, 0.29) is 90.8 Å². The number of nitrogens with zero attached hydrogens (tertiary/aromatic N) is 3. The van der Waals surface area contributed by atoms with E-state index in [1.54, 1.807) is 0 Å². The van der Waals surface area contributed by atoms with Crippen molar-refractivity contribution in [2.45, 2.75) is 39.2 Å². The molecule has 0 unspecified atom stereocenters. The topological polar surface area (TPSA) is 400 Å². The number of nitrogen functional groups attached to an aromatic ring is 2. The fourth-order valence-corrected chi connectivity index (χ4v) is 14.1. The summed E-state index contributed by atoms with van der Waals surface area (Å²) in [7, 11) is -16.1. The summed E-state index contributed by atoms with van der Waals surface area (Å²) in [5, 5.41) is 17.6. The summed E-state index contributed by atoms with van der Waals surface area (Å²) in [5.41, 5.74) is 14.0. The number of nitrogens with two attached hydrogens (primary N) is 2. The number of rotatable bonds is 17. The fourth-order valence-electron chi connectivity index (χ4n) is 9.03. The number of hydrogen-bond donors (Lipinski definition) is 8. The van der Waals surface area contributed by atoms with E-state index in [4.69, 9.17) is 11.5 Å². The maximum absolute atomic E-state index is 13.9. The first kappa shape index (κ1) is 61.8. The van der Waals surface area contributed by atoms with Crippen LogP contribution >= 0.6 is 0 Å². The highest BCUT2D eigenvalue weighted by molar-refractivity contribution is 7.92. The number of dihydropyridines is 3. The molecule has 25 nitrogen and oxygen atoms in total. The van der Waals surface area contributed by atoms with Crippen LogP contribution in [0, 0.1) is 0 Å². The van der Waals surface area contributed by atoms with Crippen molar-refractivity contribution < 1.29 is 62.4 Å². The normalized spacial score (nSPS) is 14.6. The third-order valence-corrected chi connectivity index (χ3v) is 21.0. The molecule has 0 fully saturated rings. The Morgan fingerprint density at radius 3 is 0.587 bits per heavy atom. The van der Waals surface area contributed by atoms with E-state index in [0.717, 1.165) is 18.2 Å². The van der Waals surface area contributed by atoms with Crippen molar-refractivity contribution >= 4 is 137 Å². The highest BCUT2D eigenvalue weighted by Gasteiger charge is 2.28. The number of anilines is 8. The molecule has 0 atom stereocenters. The number of hydrogen-bond acceptors (Lipinski definition) is 22. The largest absolute Gasteiger partial charge is 0.399 e. The van der Waals surface area contributed by atoms with Crippen LogP contribution in [0.15, 0.2) is 284 Å². The molecule has 460 valence electrons. The first-order valence-corrected chi connectivity index (χ1v) is 32.8. The fraction of sp³-hybridized carbons (Fsp3) is 0. The van der Waals surface area contributed by atoms with E-state index in [9.17, 15) is 62.4 Å². The molecule has 8 aromatic rings. The zero-order chi connectivity index (χ0) is 65.3. The van der Waals surface area contributed by atoms with E-state index >= 15 is 0 Å². The number of nitrogens with one attached hydrogen (secondary N) is 6. The molecule has 0 saturated heterocycles. The minimum Gasteiger partial charge on any atom is -0.399 e. The third kappa shape index (κ3) is 13.2. The van der Waals surface area contributed by atoms with Gasteiger partial charge in [-0.15, -0.1) is 0 Å². The average molecular weight is 1310 g/mol. The molecular formula is C63H45N11O14S4. The summed E-state index contributed by atoms with van der Waals surface area (Å²) in [6, 6.07) is 44.2. The molecule has 0 bridgehead atoms. The molecule has 0 aromatic heterocycles. The summed E-state index contributed by atoms with van der Waals surface area (Å²) in [4.78, 5) is 85.9. The zero-order valence-corrected chi connectivity index (χ0v) is 50.3. The number of ketones is 3. The SMILES string of the molecule is Nc1ccc(S(=O)(=O)c2ccc(NC3=CC(=O)C(=O)N=C3Nc3ccc(S(=O)(=O)c4ccc(NC5=CC(=O)C(=O)N=C5Nc5ccc(S(=O)(=O)c6ccc(NC7=CC(=O)C(=O)N=C7Nc7ccc(S(=O)(=O)c8ccc(N)cc8)cc7)cc6)cc5)cc4)cc3)cc2)cc1. The van der Waals surface area contributed by atoms with E-state index in [1.807, 2.05) is 0 Å². The van der Waals surface area contributed by atoms with Crippen molar-refractivity contribution in [1.82, 2.24) is 0 Å². The van der Waals surface area contributed by atoms with Gasteiger partial charge in [0.1, 0.15) is 0 Å². The number of aliphatic imine (C=N–C) groups is 3. The van der Waals surface area contributed by atoms with Crippen LogP contribution in [0.25, 0.3) is 0 Å². The van der Waals surface area contributed by atoms with E-state index < -0.39 is 74.4 Å². The summed E-state index contributed by atoms with van der Waals surface area (Å²) in [6.07, 6.45) is 3.01. The van der Waals surface area contributed by atoms with Crippen molar-refractivity contribution in [3.63, 3.8) is 0 Å². The molecule has 92 heavy (non-hydrogen) atoms. The van der Waals surface area contributed by atoms with E-state index in [2.05, 4.69) is 46.9 Å². The van der Waals surface area contributed by atoms with E-state index in [1.165, 1.54) is 194 Å². The lowest BCUT2D eigenvalue weighted by molar-refractivity contribution is -0.133. The minimum atomic E-state index is -4.17. The number of carbonyl (C=O) groups is 6. The van der Waals surface area contributed by atoms with Crippen LogP contribution < -0.4 is 43.4 Å². The number of benzene rings is 8. The summed E-state index contributed by atoms with van der Waals surface area (Å²) < 4.78 is 108. The van der Waals surface area contributed by atoms with Gasteiger partial charge in [0.15, 0.2) is 17.5 Å². The van der Waals surface area contributed by atoms with Crippen molar-refractivity contribution in [3.05, 3.63) is 229 Å². The second-order valence-electron chi connectivity index (χ2n) is 20.1. The standard InChI is InChI=1S/C63H45N11O14S4/c64-36-1-17-44(18-2-36)89(81,82)46-21-5-38(6-22-46)66-52-33-55(75)62(79)73-59(52)70-42-13-29-50(30-14-42)92(87,88)48-25-9-40(10-26-48)68-54-35-57(77)63(80)74-60(54)71-43-15-31-51(32-16-43)91(85,86)47-23-7-39(8-24-47)67-53-34-56(76)61(78)72-58(53)69-41-11-27-49(28-12-41)90(83,84)45-19-3-37(65)4-20-45/h1-35,66-68H,64-65H2,(H,69,72,78)(H,70,73,79)(H,71,74,80). The lowest BCUT2D eigenvalue weighted by Crippen LogP contribution is -2.29. The summed E-state index contributed by atoms with van der Waals surface area (Å²) >= 11 is 0. The van der Waals surface area contributed by atoms with E-state index in [0.29, 0.717) is 28.4 Å². The maximum Gasteiger partial charge on any atom is 0.319 e. The molecule has 0 saturated carbocycles. The molecule has 3 amide bonds. The quantitative estimate of drug-likeness (QED) is 0.0338. The van der Waals surface area contributed by atoms with Gasteiger partial charge >= 0.3 is 17.7 Å². The Kier molecular flexibility index (Phi) is 16.6. The minimum absolute atomic E-state index is 0.00566. The number of amidine groups is 3. The molecule has 10 N–H and O–H groups in total. The molecule has 0 spiro atoms. The monoisotopic (exact) mass is 1310 g/mol. The van der Waals surface area contributed by atoms with Gasteiger partial charge in [0.2, 0.25) is 56.7 Å². The average Bonchev–Trinajstić information content (AvgIpc) is 1.01. The van der Waals surface area contributed by atoms with Crippen LogP contribution in [0.2, 0.25) is 0 Å². The Labute approximate surface area is 523 Å². The molecule has 3 aliphatic heterocycles. The first-order chi connectivity index (χ1) is 43.8. The number of amides is 3. The predicted molar refractivity (Wildman–Crippen MR) is 341 cm³/mol. The predicted octanol–water partition coefficient (Wildman–Crippen LogP) is 6.93. The summed E-state index contributed by atoms with van der Waals surface area (Å²) in [6.45, 7) is 0.